The molecule has 1 amide bonds. The predicted octanol–water partition coefficient (Wildman–Crippen LogP) is 4.94. The monoisotopic (exact) mass is 412 g/mol. The first-order valence-corrected chi connectivity index (χ1v) is 8.85. The lowest BCUT2D eigenvalue weighted by molar-refractivity contribution is 0.101. The second-order valence-corrected chi connectivity index (χ2v) is 6.73. The topological polar surface area (TPSA) is 59.8 Å². The van der Waals surface area contributed by atoms with E-state index in [4.69, 9.17) is 11.6 Å². The number of aryl methyl sites for hydroxylation is 1. The lowest BCUT2D eigenvalue weighted by Crippen LogP contribution is -2.15. The number of benzene rings is 2. The average molecular weight is 413 g/mol. The molecule has 5 nitrogen and oxygen atoms in total. The first kappa shape index (κ1) is 19.2. The zero-order valence-corrected chi connectivity index (χ0v) is 15.4. The number of alkyl halides is 2. The molecule has 0 aliphatic rings. The van der Waals surface area contributed by atoms with Crippen LogP contribution in [0.4, 0.5) is 18.9 Å². The summed E-state index contributed by atoms with van der Waals surface area (Å²) >= 11 is 6.19. The summed E-state index contributed by atoms with van der Waals surface area (Å²) in [5.41, 5.74) is 0.658. The van der Waals surface area contributed by atoms with E-state index in [0.717, 1.165) is 0 Å². The number of thioether (sulfide) groups is 1. The predicted molar refractivity (Wildman–Crippen MR) is 97.3 cm³/mol. The van der Waals surface area contributed by atoms with Crippen molar-refractivity contribution in [3.05, 3.63) is 65.0 Å². The van der Waals surface area contributed by atoms with Crippen molar-refractivity contribution in [2.24, 2.45) is 0 Å². The third kappa shape index (κ3) is 4.42. The Morgan fingerprint density at radius 1 is 1.22 bits per heavy atom. The van der Waals surface area contributed by atoms with Gasteiger partial charge in [-0.05, 0) is 43.3 Å². The van der Waals surface area contributed by atoms with E-state index in [0.29, 0.717) is 11.5 Å². The molecule has 0 saturated carbocycles. The lowest BCUT2D eigenvalue weighted by Gasteiger charge is -2.10. The number of amides is 1. The van der Waals surface area contributed by atoms with Crippen LogP contribution >= 0.6 is 23.4 Å². The minimum atomic E-state index is -2.70. The Labute approximate surface area is 161 Å². The van der Waals surface area contributed by atoms with Crippen LogP contribution in [0.5, 0.6) is 0 Å². The van der Waals surface area contributed by atoms with Crippen molar-refractivity contribution in [1.29, 1.82) is 0 Å². The summed E-state index contributed by atoms with van der Waals surface area (Å²) in [5.74, 6) is -3.54. The molecule has 1 heterocycles. The number of aromatic nitrogens is 3. The van der Waals surface area contributed by atoms with E-state index in [2.05, 4.69) is 15.4 Å². The number of nitrogens with one attached hydrogen (secondary N) is 1. The second-order valence-electron chi connectivity index (χ2n) is 5.32. The zero-order valence-electron chi connectivity index (χ0n) is 13.8. The number of hydrogen-bond donors (Lipinski definition) is 1. The van der Waals surface area contributed by atoms with Gasteiger partial charge in [0.2, 0.25) is 5.82 Å². The normalized spacial score (nSPS) is 11.0. The highest BCUT2D eigenvalue weighted by molar-refractivity contribution is 7.99. The average Bonchev–Trinajstić information content (AvgIpc) is 3.00. The number of rotatable bonds is 5. The number of carbonyl (C=O) groups is 1. The van der Waals surface area contributed by atoms with Crippen molar-refractivity contribution in [3.63, 3.8) is 0 Å². The largest absolute Gasteiger partial charge is 0.318 e. The molecule has 140 valence electrons. The highest BCUT2D eigenvalue weighted by Gasteiger charge is 2.19. The SMILES string of the molecule is Cc1nc(C(=O)Nc2cccc(Cl)c2SC(F)F)nn1-c1ccc(F)cc1. The van der Waals surface area contributed by atoms with Gasteiger partial charge < -0.3 is 5.32 Å². The fraction of sp³-hybridized carbons (Fsp3) is 0.118. The molecular formula is C17H12ClF3N4OS. The molecule has 10 heteroatoms. The second kappa shape index (κ2) is 8.01. The van der Waals surface area contributed by atoms with E-state index in [1.807, 2.05) is 0 Å². The molecule has 0 bridgehead atoms. The van der Waals surface area contributed by atoms with Gasteiger partial charge in [0.1, 0.15) is 11.6 Å². The number of nitrogens with zero attached hydrogens (tertiary/aromatic N) is 3. The van der Waals surface area contributed by atoms with Gasteiger partial charge in [-0.3, -0.25) is 4.79 Å². The highest BCUT2D eigenvalue weighted by Crippen LogP contribution is 2.37. The van der Waals surface area contributed by atoms with Crippen molar-refractivity contribution >= 4 is 35.0 Å². The molecule has 2 aromatic carbocycles. The summed E-state index contributed by atoms with van der Waals surface area (Å²) in [5, 5.41) is 6.70. The van der Waals surface area contributed by atoms with E-state index < -0.39 is 17.5 Å². The molecule has 0 radical (unpaired) electrons. The van der Waals surface area contributed by atoms with Gasteiger partial charge in [-0.2, -0.15) is 8.78 Å². The van der Waals surface area contributed by atoms with Gasteiger partial charge in [0.15, 0.2) is 0 Å². The molecule has 0 unspecified atom stereocenters. The van der Waals surface area contributed by atoms with Crippen LogP contribution in [-0.2, 0) is 0 Å². The van der Waals surface area contributed by atoms with Gasteiger partial charge in [-0.1, -0.05) is 29.4 Å². The number of halogens is 4. The van der Waals surface area contributed by atoms with Gasteiger partial charge in [0.25, 0.3) is 11.7 Å². The molecule has 0 fully saturated rings. The Bertz CT molecular complexity index is 979. The van der Waals surface area contributed by atoms with Gasteiger partial charge in [-0.25, -0.2) is 14.1 Å². The van der Waals surface area contributed by atoms with Crippen molar-refractivity contribution in [2.75, 3.05) is 5.32 Å². The zero-order chi connectivity index (χ0) is 19.6. The molecule has 0 saturated heterocycles. The van der Waals surface area contributed by atoms with Crippen molar-refractivity contribution < 1.29 is 18.0 Å². The van der Waals surface area contributed by atoms with Crippen LogP contribution in [0.15, 0.2) is 47.4 Å². The molecule has 3 aromatic rings. The van der Waals surface area contributed by atoms with E-state index in [1.54, 1.807) is 6.92 Å². The Morgan fingerprint density at radius 3 is 2.59 bits per heavy atom. The van der Waals surface area contributed by atoms with Gasteiger partial charge in [0, 0.05) is 0 Å². The Morgan fingerprint density at radius 2 is 1.93 bits per heavy atom. The summed E-state index contributed by atoms with van der Waals surface area (Å²) in [6.45, 7) is 1.63. The van der Waals surface area contributed by atoms with Gasteiger partial charge >= 0.3 is 0 Å². The van der Waals surface area contributed by atoms with E-state index >= 15 is 0 Å². The van der Waals surface area contributed by atoms with Crippen molar-refractivity contribution in [1.82, 2.24) is 14.8 Å². The van der Waals surface area contributed by atoms with Gasteiger partial charge in [-0.15, -0.1) is 5.10 Å². The molecular weight excluding hydrogens is 401 g/mol. The first-order chi connectivity index (χ1) is 12.8. The summed E-state index contributed by atoms with van der Waals surface area (Å²) < 4.78 is 39.9. The van der Waals surface area contributed by atoms with E-state index in [9.17, 15) is 18.0 Å². The molecule has 1 N–H and O–H groups in total. The van der Waals surface area contributed by atoms with Crippen LogP contribution in [0.25, 0.3) is 5.69 Å². The Hall–Kier alpha value is -2.52. The Kier molecular flexibility index (Phi) is 5.71. The minimum Gasteiger partial charge on any atom is -0.318 e. The van der Waals surface area contributed by atoms with Gasteiger partial charge in [0.05, 0.1) is 21.3 Å². The van der Waals surface area contributed by atoms with Crippen LogP contribution in [-0.4, -0.2) is 26.4 Å². The summed E-state index contributed by atoms with van der Waals surface area (Å²) in [4.78, 5) is 16.6. The van der Waals surface area contributed by atoms with E-state index in [-0.39, 0.29) is 33.2 Å². The number of anilines is 1. The van der Waals surface area contributed by atoms with Crippen LogP contribution in [0, 0.1) is 12.7 Å². The van der Waals surface area contributed by atoms with Crippen molar-refractivity contribution in [3.8, 4) is 5.69 Å². The highest BCUT2D eigenvalue weighted by atomic mass is 35.5. The minimum absolute atomic E-state index is 0.0530. The summed E-state index contributed by atoms with van der Waals surface area (Å²) in [6.07, 6.45) is 0. The third-order valence-corrected chi connectivity index (χ3v) is 4.75. The third-order valence-electron chi connectivity index (χ3n) is 3.47. The summed E-state index contributed by atoms with van der Waals surface area (Å²) in [6, 6.07) is 9.95. The fourth-order valence-corrected chi connectivity index (χ4v) is 3.22. The quantitative estimate of drug-likeness (QED) is 0.603. The van der Waals surface area contributed by atoms with Crippen LogP contribution in [0.3, 0.4) is 0 Å². The molecule has 0 aliphatic heterocycles. The smallest absolute Gasteiger partial charge is 0.295 e. The number of hydrogen-bond acceptors (Lipinski definition) is 4. The maximum atomic E-state index is 13.1. The Balaban J connectivity index is 1.87. The fourth-order valence-electron chi connectivity index (χ4n) is 2.31. The number of carbonyl (C=O) groups excluding carboxylic acids is 1. The molecule has 1 aromatic heterocycles. The molecule has 0 spiro atoms. The van der Waals surface area contributed by atoms with Crippen LogP contribution < -0.4 is 5.32 Å². The van der Waals surface area contributed by atoms with Crippen LogP contribution in [0.1, 0.15) is 16.4 Å². The maximum Gasteiger partial charge on any atom is 0.295 e. The lowest BCUT2D eigenvalue weighted by atomic mass is 10.3. The standard InChI is InChI=1S/C17H12ClF3N4OS/c1-9-22-15(24-25(9)11-7-5-10(19)6-8-11)16(26)23-13-4-2-3-12(18)14(13)27-17(20)21/h2-8,17H,1H3,(H,23,26). The summed E-state index contributed by atoms with van der Waals surface area (Å²) in [7, 11) is 0. The first-order valence-electron chi connectivity index (χ1n) is 7.59. The van der Waals surface area contributed by atoms with E-state index in [1.165, 1.54) is 47.1 Å². The van der Waals surface area contributed by atoms with Crippen LogP contribution in [0.2, 0.25) is 5.02 Å². The maximum absolute atomic E-state index is 13.1. The molecule has 0 atom stereocenters. The molecule has 3 rings (SSSR count). The molecule has 27 heavy (non-hydrogen) atoms. The molecule has 0 aliphatic carbocycles. The van der Waals surface area contributed by atoms with Crippen molar-refractivity contribution in [2.45, 2.75) is 17.6 Å².